The molecule has 1 heterocycles. The van der Waals surface area contributed by atoms with Gasteiger partial charge in [-0.25, -0.2) is 0 Å². The van der Waals surface area contributed by atoms with Crippen molar-refractivity contribution in [3.63, 3.8) is 0 Å². The van der Waals surface area contributed by atoms with Crippen molar-refractivity contribution in [3.05, 3.63) is 48.0 Å². The van der Waals surface area contributed by atoms with Crippen LogP contribution >= 0.6 is 0 Å². The number of anilines is 1. The minimum Gasteiger partial charge on any atom is -0.497 e. The van der Waals surface area contributed by atoms with Gasteiger partial charge in [0.05, 0.1) is 31.8 Å². The van der Waals surface area contributed by atoms with Gasteiger partial charge in [0.15, 0.2) is 5.78 Å². The van der Waals surface area contributed by atoms with Crippen molar-refractivity contribution >= 4 is 22.5 Å². The Morgan fingerprint density at radius 1 is 1.19 bits per heavy atom. The number of carbonyl (C=O) groups is 1. The van der Waals surface area contributed by atoms with Crippen LogP contribution in [0.25, 0.3) is 11.0 Å². The zero-order valence-corrected chi connectivity index (χ0v) is 15.4. The molecule has 0 bridgehead atoms. The number of nitrogens with one attached hydrogen (secondary N) is 1. The van der Waals surface area contributed by atoms with Gasteiger partial charge in [-0.05, 0) is 30.7 Å². The first-order valence-corrected chi connectivity index (χ1v) is 8.73. The van der Waals surface area contributed by atoms with E-state index in [0.29, 0.717) is 36.0 Å². The Morgan fingerprint density at radius 2 is 2.00 bits per heavy atom. The lowest BCUT2D eigenvalue weighted by atomic mass is 10.1. The van der Waals surface area contributed by atoms with Crippen LogP contribution in [0, 0.1) is 0 Å². The van der Waals surface area contributed by atoms with Gasteiger partial charge < -0.3 is 19.9 Å². The predicted molar refractivity (Wildman–Crippen MR) is 104 cm³/mol. The number of para-hydroxylation sites is 2. The SMILES string of the molecule is COc1ccc(C(=O)Cn2c(OC)nc3ccccc32)c(NCCCO)c1. The Kier molecular flexibility index (Phi) is 5.93. The van der Waals surface area contributed by atoms with E-state index in [1.54, 1.807) is 29.9 Å². The number of aliphatic hydroxyl groups excluding tert-OH is 1. The molecular formula is C20H23N3O4. The topological polar surface area (TPSA) is 85.6 Å². The fourth-order valence-corrected chi connectivity index (χ4v) is 2.93. The largest absolute Gasteiger partial charge is 0.497 e. The van der Waals surface area contributed by atoms with Crippen LogP contribution in [0.2, 0.25) is 0 Å². The van der Waals surface area contributed by atoms with E-state index in [1.165, 1.54) is 7.11 Å². The van der Waals surface area contributed by atoms with Crippen molar-refractivity contribution in [2.75, 3.05) is 32.7 Å². The van der Waals surface area contributed by atoms with Crippen molar-refractivity contribution in [2.24, 2.45) is 0 Å². The smallest absolute Gasteiger partial charge is 0.297 e. The zero-order valence-electron chi connectivity index (χ0n) is 15.4. The van der Waals surface area contributed by atoms with Crippen LogP contribution in [-0.2, 0) is 6.54 Å². The van der Waals surface area contributed by atoms with E-state index in [-0.39, 0.29) is 18.9 Å². The van der Waals surface area contributed by atoms with Gasteiger partial charge in [-0.15, -0.1) is 0 Å². The molecule has 142 valence electrons. The summed E-state index contributed by atoms with van der Waals surface area (Å²) in [4.78, 5) is 17.5. The first-order valence-electron chi connectivity index (χ1n) is 8.73. The second-order valence-corrected chi connectivity index (χ2v) is 6.01. The molecule has 7 heteroatoms. The molecule has 0 radical (unpaired) electrons. The number of hydrogen-bond acceptors (Lipinski definition) is 6. The molecule has 0 amide bonds. The Balaban J connectivity index is 1.92. The fourth-order valence-electron chi connectivity index (χ4n) is 2.93. The van der Waals surface area contributed by atoms with Gasteiger partial charge in [-0.3, -0.25) is 9.36 Å². The monoisotopic (exact) mass is 369 g/mol. The van der Waals surface area contributed by atoms with E-state index in [1.807, 2.05) is 24.3 Å². The lowest BCUT2D eigenvalue weighted by Gasteiger charge is -2.14. The summed E-state index contributed by atoms with van der Waals surface area (Å²) in [7, 11) is 3.12. The number of aromatic nitrogens is 2. The molecule has 0 saturated carbocycles. The van der Waals surface area contributed by atoms with Crippen LogP contribution in [0.3, 0.4) is 0 Å². The summed E-state index contributed by atoms with van der Waals surface area (Å²) < 4.78 is 12.4. The van der Waals surface area contributed by atoms with Crippen LogP contribution in [0.15, 0.2) is 42.5 Å². The number of rotatable bonds is 9. The number of aliphatic hydroxyl groups is 1. The quantitative estimate of drug-likeness (QED) is 0.446. The minimum absolute atomic E-state index is 0.0781. The summed E-state index contributed by atoms with van der Waals surface area (Å²) in [6.45, 7) is 0.741. The van der Waals surface area contributed by atoms with Crippen LogP contribution in [-0.4, -0.2) is 47.8 Å². The summed E-state index contributed by atoms with van der Waals surface area (Å²) in [5.41, 5.74) is 2.84. The molecule has 2 N–H and O–H groups in total. The first kappa shape index (κ1) is 18.7. The zero-order chi connectivity index (χ0) is 19.2. The molecule has 3 rings (SSSR count). The Labute approximate surface area is 157 Å². The van der Waals surface area contributed by atoms with Crippen molar-refractivity contribution in [3.8, 4) is 11.8 Å². The third-order valence-electron chi connectivity index (χ3n) is 4.28. The van der Waals surface area contributed by atoms with Crippen molar-refractivity contribution in [2.45, 2.75) is 13.0 Å². The third kappa shape index (κ3) is 4.03. The van der Waals surface area contributed by atoms with E-state index >= 15 is 0 Å². The highest BCUT2D eigenvalue weighted by atomic mass is 16.5. The molecule has 0 fully saturated rings. The number of benzene rings is 2. The predicted octanol–water partition coefficient (Wildman–Crippen LogP) is 2.73. The van der Waals surface area contributed by atoms with E-state index in [4.69, 9.17) is 14.6 Å². The van der Waals surface area contributed by atoms with Crippen LogP contribution in [0.1, 0.15) is 16.8 Å². The lowest BCUT2D eigenvalue weighted by molar-refractivity contribution is 0.0970. The summed E-state index contributed by atoms with van der Waals surface area (Å²) in [6, 6.07) is 13.3. The normalized spacial score (nSPS) is 10.8. The molecule has 0 aliphatic rings. The minimum atomic E-state index is -0.0781. The summed E-state index contributed by atoms with van der Waals surface area (Å²) in [5.74, 6) is 0.578. The van der Waals surface area contributed by atoms with Crippen LogP contribution < -0.4 is 14.8 Å². The number of carbonyl (C=O) groups excluding carboxylic acids is 1. The molecule has 0 spiro atoms. The summed E-state index contributed by atoms with van der Waals surface area (Å²) in [6.07, 6.45) is 0.588. The number of hydrogen-bond donors (Lipinski definition) is 2. The maximum Gasteiger partial charge on any atom is 0.297 e. The van der Waals surface area contributed by atoms with E-state index in [0.717, 1.165) is 11.0 Å². The maximum absolute atomic E-state index is 13.0. The van der Waals surface area contributed by atoms with Gasteiger partial charge >= 0.3 is 0 Å². The average molecular weight is 369 g/mol. The van der Waals surface area contributed by atoms with Crippen LogP contribution in [0.4, 0.5) is 5.69 Å². The van der Waals surface area contributed by atoms with E-state index in [9.17, 15) is 4.79 Å². The van der Waals surface area contributed by atoms with Gasteiger partial charge in [0.25, 0.3) is 6.01 Å². The molecule has 0 saturated heterocycles. The molecule has 3 aromatic rings. The molecule has 0 unspecified atom stereocenters. The van der Waals surface area contributed by atoms with Crippen LogP contribution in [0.5, 0.6) is 11.8 Å². The number of Topliss-reactive ketones (excluding diaryl/α,β-unsaturated/α-hetero) is 1. The molecule has 2 aromatic carbocycles. The second kappa shape index (κ2) is 8.55. The molecular weight excluding hydrogens is 346 g/mol. The molecule has 0 atom stereocenters. The number of methoxy groups -OCH3 is 2. The summed E-state index contributed by atoms with van der Waals surface area (Å²) >= 11 is 0. The van der Waals surface area contributed by atoms with Crippen molar-refractivity contribution in [1.29, 1.82) is 0 Å². The standard InChI is InChI=1S/C20H23N3O4/c1-26-14-8-9-15(17(12-14)21-10-5-11-24)19(25)13-23-18-7-4-3-6-16(18)22-20(23)27-2/h3-4,6-9,12,21,24H,5,10-11,13H2,1-2H3. The average Bonchev–Trinajstić information content (AvgIpc) is 3.05. The number of fused-ring (bicyclic) bond motifs is 1. The number of ketones is 1. The third-order valence-corrected chi connectivity index (χ3v) is 4.28. The lowest BCUT2D eigenvalue weighted by Crippen LogP contribution is -2.15. The van der Waals surface area contributed by atoms with E-state index < -0.39 is 0 Å². The first-order chi connectivity index (χ1) is 13.2. The van der Waals surface area contributed by atoms with Gasteiger partial charge in [-0.1, -0.05) is 12.1 Å². The maximum atomic E-state index is 13.0. The number of ether oxygens (including phenoxy) is 2. The fraction of sp³-hybridized carbons (Fsp3) is 0.300. The Bertz CT molecular complexity index is 936. The van der Waals surface area contributed by atoms with Crippen molar-refractivity contribution in [1.82, 2.24) is 9.55 Å². The molecule has 27 heavy (non-hydrogen) atoms. The van der Waals surface area contributed by atoms with E-state index in [2.05, 4.69) is 10.3 Å². The van der Waals surface area contributed by atoms with Gasteiger partial charge in [-0.2, -0.15) is 4.98 Å². The highest BCUT2D eigenvalue weighted by Crippen LogP contribution is 2.26. The highest BCUT2D eigenvalue weighted by Gasteiger charge is 2.18. The summed E-state index contributed by atoms with van der Waals surface area (Å²) in [5, 5.41) is 12.2. The Hall–Kier alpha value is -3.06. The molecule has 0 aliphatic heterocycles. The molecule has 1 aromatic heterocycles. The number of imidazole rings is 1. The van der Waals surface area contributed by atoms with Crippen molar-refractivity contribution < 1.29 is 19.4 Å². The molecule has 7 nitrogen and oxygen atoms in total. The van der Waals surface area contributed by atoms with Gasteiger partial charge in [0.1, 0.15) is 5.75 Å². The Morgan fingerprint density at radius 3 is 2.74 bits per heavy atom. The van der Waals surface area contributed by atoms with Gasteiger partial charge in [0, 0.05) is 30.5 Å². The van der Waals surface area contributed by atoms with Gasteiger partial charge in [0.2, 0.25) is 0 Å². The highest BCUT2D eigenvalue weighted by molar-refractivity contribution is 6.02. The molecule has 0 aliphatic carbocycles. The number of nitrogens with zero attached hydrogens (tertiary/aromatic N) is 2. The second-order valence-electron chi connectivity index (χ2n) is 6.01.